The molecule has 4 aromatic rings. The SMILES string of the molecule is CN(Cc1ccccc1)C(=O)OCN1C(=O)CCc2ccc(OCCCCN3CCN(c4cccc5sccc45)CC3)cc21. The highest BCUT2D eigenvalue weighted by Gasteiger charge is 2.26. The van der Waals surface area contributed by atoms with E-state index in [1.807, 2.05) is 48.5 Å². The molecule has 1 fully saturated rings. The van der Waals surface area contributed by atoms with Gasteiger partial charge in [0.25, 0.3) is 0 Å². The maximum atomic E-state index is 12.8. The van der Waals surface area contributed by atoms with Crippen LogP contribution in [-0.2, 0) is 22.5 Å². The Kier molecular flexibility index (Phi) is 9.63. The topological polar surface area (TPSA) is 65.6 Å². The van der Waals surface area contributed by atoms with Crippen LogP contribution in [0, 0.1) is 0 Å². The van der Waals surface area contributed by atoms with Crippen molar-refractivity contribution in [3.05, 3.63) is 89.3 Å². The van der Waals surface area contributed by atoms with Gasteiger partial charge in [-0.3, -0.25) is 14.6 Å². The molecule has 1 saturated heterocycles. The molecule has 0 radical (unpaired) electrons. The third-order valence-corrected chi connectivity index (χ3v) is 9.35. The molecule has 2 aliphatic heterocycles. The Morgan fingerprint density at radius 1 is 0.909 bits per heavy atom. The first-order chi connectivity index (χ1) is 21.5. The third-order valence-electron chi connectivity index (χ3n) is 8.47. The van der Waals surface area contributed by atoms with Crippen LogP contribution in [-0.4, -0.2) is 74.9 Å². The Morgan fingerprint density at radius 2 is 1.75 bits per heavy atom. The molecule has 0 spiro atoms. The summed E-state index contributed by atoms with van der Waals surface area (Å²) >= 11 is 1.81. The van der Waals surface area contributed by atoms with Crippen LogP contribution in [0.25, 0.3) is 10.1 Å². The van der Waals surface area contributed by atoms with E-state index in [1.54, 1.807) is 23.3 Å². The number of nitrogens with zero attached hydrogens (tertiary/aromatic N) is 4. The summed E-state index contributed by atoms with van der Waals surface area (Å²) in [6.45, 7) is 6.24. The molecular weight excluding hydrogens is 572 g/mol. The van der Waals surface area contributed by atoms with Gasteiger partial charge in [-0.15, -0.1) is 11.3 Å². The normalized spacial score (nSPS) is 15.3. The predicted molar refractivity (Wildman–Crippen MR) is 177 cm³/mol. The van der Waals surface area contributed by atoms with Crippen molar-refractivity contribution in [1.82, 2.24) is 9.80 Å². The number of aryl methyl sites for hydroxylation is 1. The Balaban J connectivity index is 0.942. The lowest BCUT2D eigenvalue weighted by Gasteiger charge is -2.36. The summed E-state index contributed by atoms with van der Waals surface area (Å²) < 4.78 is 13.0. The van der Waals surface area contributed by atoms with Gasteiger partial charge < -0.3 is 19.3 Å². The van der Waals surface area contributed by atoms with Crippen molar-refractivity contribution in [2.75, 3.05) is 62.9 Å². The molecular formula is C35H40N4O4S. The van der Waals surface area contributed by atoms with Crippen molar-refractivity contribution in [1.29, 1.82) is 0 Å². The first-order valence-electron chi connectivity index (χ1n) is 15.5. The van der Waals surface area contributed by atoms with Crippen LogP contribution in [0.15, 0.2) is 78.2 Å². The van der Waals surface area contributed by atoms with E-state index >= 15 is 0 Å². The number of unbranched alkanes of at least 4 members (excludes halogenated alkanes) is 1. The van der Waals surface area contributed by atoms with Crippen molar-refractivity contribution in [3.63, 3.8) is 0 Å². The van der Waals surface area contributed by atoms with Crippen LogP contribution in [0.4, 0.5) is 16.2 Å². The number of amides is 2. The maximum Gasteiger partial charge on any atom is 0.411 e. The summed E-state index contributed by atoms with van der Waals surface area (Å²) in [6.07, 6.45) is 2.62. The summed E-state index contributed by atoms with van der Waals surface area (Å²) in [5.41, 5.74) is 4.18. The number of carbonyl (C=O) groups excluding carboxylic acids is 2. The fourth-order valence-electron chi connectivity index (χ4n) is 5.99. The van der Waals surface area contributed by atoms with E-state index in [-0.39, 0.29) is 12.6 Å². The van der Waals surface area contributed by atoms with Crippen molar-refractivity contribution < 1.29 is 19.1 Å². The van der Waals surface area contributed by atoms with Crippen LogP contribution in [0.1, 0.15) is 30.4 Å². The smallest absolute Gasteiger partial charge is 0.411 e. The lowest BCUT2D eigenvalue weighted by atomic mass is 10.0. The van der Waals surface area contributed by atoms with Gasteiger partial charge in [0, 0.05) is 68.0 Å². The predicted octanol–water partition coefficient (Wildman–Crippen LogP) is 6.39. The molecule has 6 rings (SSSR count). The van der Waals surface area contributed by atoms with Crippen molar-refractivity contribution in [3.8, 4) is 5.75 Å². The summed E-state index contributed by atoms with van der Waals surface area (Å²) in [5, 5.41) is 3.54. The van der Waals surface area contributed by atoms with Gasteiger partial charge in [0.05, 0.1) is 12.3 Å². The first-order valence-corrected chi connectivity index (χ1v) is 16.3. The second kappa shape index (κ2) is 14.1. The lowest BCUT2D eigenvalue weighted by Crippen LogP contribution is -2.46. The van der Waals surface area contributed by atoms with Crippen molar-refractivity contribution in [2.24, 2.45) is 0 Å². The first kappa shape index (κ1) is 30.0. The van der Waals surface area contributed by atoms with E-state index < -0.39 is 6.09 Å². The fraction of sp³-hybridized carbons (Fsp3) is 0.371. The van der Waals surface area contributed by atoms with Crippen molar-refractivity contribution >= 4 is 44.8 Å². The van der Waals surface area contributed by atoms with E-state index in [0.29, 0.717) is 26.0 Å². The number of carbonyl (C=O) groups is 2. The number of benzene rings is 3. The molecule has 44 heavy (non-hydrogen) atoms. The molecule has 3 heterocycles. The minimum Gasteiger partial charge on any atom is -0.494 e. The molecule has 9 heteroatoms. The number of hydrogen-bond donors (Lipinski definition) is 0. The molecule has 2 aliphatic rings. The van der Waals surface area contributed by atoms with Crippen LogP contribution < -0.4 is 14.5 Å². The van der Waals surface area contributed by atoms with Gasteiger partial charge in [-0.2, -0.15) is 0 Å². The second-order valence-electron chi connectivity index (χ2n) is 11.5. The number of rotatable bonds is 11. The quantitative estimate of drug-likeness (QED) is 0.183. The molecule has 1 aromatic heterocycles. The van der Waals surface area contributed by atoms with Gasteiger partial charge in [-0.05, 0) is 66.6 Å². The largest absolute Gasteiger partial charge is 0.494 e. The average molecular weight is 613 g/mol. The minimum absolute atomic E-state index is 0.0553. The highest BCUT2D eigenvalue weighted by atomic mass is 32.1. The molecule has 0 unspecified atom stereocenters. The van der Waals surface area contributed by atoms with Crippen LogP contribution in [0.2, 0.25) is 0 Å². The van der Waals surface area contributed by atoms with Crippen LogP contribution in [0.5, 0.6) is 5.75 Å². The number of hydrogen-bond acceptors (Lipinski definition) is 7. The molecule has 230 valence electrons. The number of piperazine rings is 1. The van der Waals surface area contributed by atoms with Gasteiger partial charge in [-0.25, -0.2) is 4.79 Å². The van der Waals surface area contributed by atoms with Gasteiger partial charge in [0.1, 0.15) is 5.75 Å². The lowest BCUT2D eigenvalue weighted by molar-refractivity contribution is -0.119. The van der Waals surface area contributed by atoms with E-state index in [9.17, 15) is 9.59 Å². The van der Waals surface area contributed by atoms with Crippen LogP contribution in [0.3, 0.4) is 0 Å². The Hall–Kier alpha value is -4.08. The fourth-order valence-corrected chi connectivity index (χ4v) is 6.80. The molecule has 3 aromatic carbocycles. The average Bonchev–Trinajstić information content (AvgIpc) is 3.54. The second-order valence-corrected chi connectivity index (χ2v) is 12.4. The van der Waals surface area contributed by atoms with Crippen molar-refractivity contribution in [2.45, 2.75) is 32.2 Å². The Morgan fingerprint density at radius 3 is 2.59 bits per heavy atom. The van der Waals surface area contributed by atoms with Crippen LogP contribution >= 0.6 is 11.3 Å². The Bertz CT molecular complexity index is 1570. The number of thiophene rings is 1. The zero-order valence-corrected chi connectivity index (χ0v) is 26.1. The Labute approximate surface area is 263 Å². The van der Waals surface area contributed by atoms with Gasteiger partial charge in [0.15, 0.2) is 6.73 Å². The van der Waals surface area contributed by atoms with Gasteiger partial charge in [0.2, 0.25) is 5.91 Å². The zero-order chi connectivity index (χ0) is 30.3. The summed E-state index contributed by atoms with van der Waals surface area (Å²) in [5.74, 6) is 0.674. The molecule has 0 saturated carbocycles. The molecule has 0 N–H and O–H groups in total. The summed E-state index contributed by atoms with van der Waals surface area (Å²) in [4.78, 5) is 33.6. The van der Waals surface area contributed by atoms with Gasteiger partial charge in [-0.1, -0.05) is 42.5 Å². The molecule has 2 amide bonds. The summed E-state index contributed by atoms with van der Waals surface area (Å²) in [6, 6.07) is 24.5. The molecule has 0 aliphatic carbocycles. The summed E-state index contributed by atoms with van der Waals surface area (Å²) in [7, 11) is 1.69. The zero-order valence-electron chi connectivity index (χ0n) is 25.3. The molecule has 0 atom stereocenters. The van der Waals surface area contributed by atoms with E-state index in [0.717, 1.165) is 68.1 Å². The van der Waals surface area contributed by atoms with E-state index in [2.05, 4.69) is 39.4 Å². The molecule has 0 bridgehead atoms. The minimum atomic E-state index is -0.470. The molecule has 8 nitrogen and oxygen atoms in total. The number of ether oxygens (including phenoxy) is 2. The van der Waals surface area contributed by atoms with Gasteiger partial charge >= 0.3 is 6.09 Å². The maximum absolute atomic E-state index is 12.8. The highest BCUT2D eigenvalue weighted by molar-refractivity contribution is 7.17. The standard InChI is InChI=1S/C35H40N4O4S/c1-36(25-27-8-3-2-4-9-27)35(41)43-26-39-32-24-29(14-12-28(32)13-15-34(39)40)42-22-6-5-17-37-18-20-38(21-19-37)31-10-7-11-33-30(31)16-23-44-33/h2-4,7-12,14,16,23-24H,5-6,13,15,17-22,25-26H2,1H3. The number of fused-ring (bicyclic) bond motifs is 2. The highest BCUT2D eigenvalue weighted by Crippen LogP contribution is 2.33. The monoisotopic (exact) mass is 612 g/mol. The third kappa shape index (κ3) is 7.17. The van der Waals surface area contributed by atoms with E-state index in [1.165, 1.54) is 20.7 Å². The van der Waals surface area contributed by atoms with E-state index in [4.69, 9.17) is 9.47 Å². The number of anilines is 2.